The van der Waals surface area contributed by atoms with Gasteiger partial charge in [0.05, 0.1) is 0 Å². The van der Waals surface area contributed by atoms with Gasteiger partial charge in [-0.05, 0) is 26.0 Å². The highest BCUT2D eigenvalue weighted by atomic mass is 15.4. The predicted molar refractivity (Wildman–Crippen MR) is 66.7 cm³/mol. The lowest BCUT2D eigenvalue weighted by atomic mass is 10.2. The van der Waals surface area contributed by atoms with Crippen LogP contribution < -0.4 is 5.84 Å². The normalized spacial score (nSPS) is 18.0. The molecule has 0 bridgehead atoms. The molecule has 1 aromatic rings. The lowest BCUT2D eigenvalue weighted by molar-refractivity contribution is 0.109. The van der Waals surface area contributed by atoms with Crippen LogP contribution >= 0.6 is 0 Å². The van der Waals surface area contributed by atoms with Gasteiger partial charge in [-0.25, -0.2) is 5.01 Å². The van der Waals surface area contributed by atoms with Crippen LogP contribution in [-0.2, 0) is 0 Å². The van der Waals surface area contributed by atoms with Crippen molar-refractivity contribution in [2.75, 3.05) is 26.2 Å². The van der Waals surface area contributed by atoms with E-state index >= 15 is 0 Å². The first-order chi connectivity index (χ1) is 7.70. The second-order valence-corrected chi connectivity index (χ2v) is 4.19. The molecule has 0 spiro atoms. The van der Waals surface area contributed by atoms with Crippen LogP contribution in [0, 0.1) is 0 Å². The van der Waals surface area contributed by atoms with E-state index in [0.29, 0.717) is 6.04 Å². The molecule has 4 heteroatoms. The van der Waals surface area contributed by atoms with Crippen LogP contribution in [0.1, 0.15) is 13.8 Å². The molecule has 0 radical (unpaired) electrons. The minimum absolute atomic E-state index is 0.675. The first kappa shape index (κ1) is 13.1. The van der Waals surface area contributed by atoms with Crippen molar-refractivity contribution in [3.8, 4) is 0 Å². The van der Waals surface area contributed by atoms with Gasteiger partial charge in [0, 0.05) is 44.6 Å². The zero-order valence-corrected chi connectivity index (χ0v) is 10.2. The van der Waals surface area contributed by atoms with E-state index in [2.05, 4.69) is 23.7 Å². The number of hydrogen-bond acceptors (Lipinski definition) is 4. The lowest BCUT2D eigenvalue weighted by Crippen LogP contribution is -2.51. The van der Waals surface area contributed by atoms with E-state index in [1.54, 1.807) is 12.4 Å². The molecular weight excluding hydrogens is 200 g/mol. The molecule has 1 aliphatic heterocycles. The number of nitrogens with zero attached hydrogens (tertiary/aromatic N) is 3. The van der Waals surface area contributed by atoms with E-state index in [0.717, 1.165) is 26.2 Å². The van der Waals surface area contributed by atoms with E-state index in [4.69, 9.17) is 5.84 Å². The molecule has 2 heterocycles. The number of hydrogen-bond donors (Lipinski definition) is 1. The summed E-state index contributed by atoms with van der Waals surface area (Å²) in [5, 5.41) is 1.89. The predicted octanol–water partition coefficient (Wildman–Crippen LogP) is 0.968. The molecule has 1 aliphatic rings. The van der Waals surface area contributed by atoms with Gasteiger partial charge in [-0.3, -0.25) is 15.7 Å². The molecule has 1 aromatic heterocycles. The minimum atomic E-state index is 0.675. The van der Waals surface area contributed by atoms with E-state index < -0.39 is 0 Å². The van der Waals surface area contributed by atoms with Crippen molar-refractivity contribution >= 4 is 0 Å². The van der Waals surface area contributed by atoms with E-state index in [1.807, 2.05) is 23.2 Å². The molecule has 0 unspecified atom stereocenters. The lowest BCUT2D eigenvalue weighted by Gasteiger charge is -2.34. The minimum Gasteiger partial charge on any atom is -0.298 e. The zero-order chi connectivity index (χ0) is 11.8. The van der Waals surface area contributed by atoms with Crippen molar-refractivity contribution < 1.29 is 0 Å². The Morgan fingerprint density at radius 2 is 1.56 bits per heavy atom. The molecule has 1 saturated heterocycles. The highest BCUT2D eigenvalue weighted by molar-refractivity contribution is 4.88. The Balaban J connectivity index is 0.000000181. The molecule has 0 amide bonds. The quantitative estimate of drug-likeness (QED) is 0.719. The summed E-state index contributed by atoms with van der Waals surface area (Å²) in [7, 11) is 0. The molecule has 0 aliphatic carbocycles. The number of hydrazine groups is 1. The summed E-state index contributed by atoms with van der Waals surface area (Å²) in [5.41, 5.74) is 0. The van der Waals surface area contributed by atoms with Crippen molar-refractivity contribution in [1.82, 2.24) is 14.9 Å². The molecule has 90 valence electrons. The second-order valence-electron chi connectivity index (χ2n) is 4.19. The van der Waals surface area contributed by atoms with Crippen LogP contribution in [0.4, 0.5) is 0 Å². The average molecular weight is 222 g/mol. The molecule has 0 saturated carbocycles. The monoisotopic (exact) mass is 222 g/mol. The van der Waals surface area contributed by atoms with E-state index in [9.17, 15) is 0 Å². The van der Waals surface area contributed by atoms with Gasteiger partial charge in [0.15, 0.2) is 0 Å². The number of pyridine rings is 1. The van der Waals surface area contributed by atoms with Crippen LogP contribution in [0.25, 0.3) is 0 Å². The van der Waals surface area contributed by atoms with Gasteiger partial charge in [0.2, 0.25) is 0 Å². The maximum absolute atomic E-state index is 5.60. The van der Waals surface area contributed by atoms with Gasteiger partial charge >= 0.3 is 0 Å². The Kier molecular flexibility index (Phi) is 6.00. The largest absolute Gasteiger partial charge is 0.298 e. The van der Waals surface area contributed by atoms with Crippen LogP contribution in [0.15, 0.2) is 30.6 Å². The standard InChI is InChI=1S/C7H17N3.C5H5N/c1-7(2)9-3-5-10(8)6-4-9;1-2-4-6-5-3-1/h7H,3-6,8H2,1-2H3;1-5H. The third-order valence-corrected chi connectivity index (χ3v) is 2.65. The molecule has 0 atom stereocenters. The Morgan fingerprint density at radius 3 is 1.88 bits per heavy atom. The zero-order valence-electron chi connectivity index (χ0n) is 10.2. The van der Waals surface area contributed by atoms with Crippen LogP contribution in [0.5, 0.6) is 0 Å². The van der Waals surface area contributed by atoms with Gasteiger partial charge in [-0.1, -0.05) is 6.07 Å². The fourth-order valence-corrected chi connectivity index (χ4v) is 1.57. The average Bonchev–Trinajstić information content (AvgIpc) is 2.32. The Bertz CT molecular complexity index is 228. The Hall–Kier alpha value is -0.970. The van der Waals surface area contributed by atoms with Gasteiger partial charge in [0.1, 0.15) is 0 Å². The van der Waals surface area contributed by atoms with Crippen molar-refractivity contribution in [2.45, 2.75) is 19.9 Å². The number of rotatable bonds is 1. The second kappa shape index (κ2) is 7.33. The topological polar surface area (TPSA) is 45.4 Å². The summed E-state index contributed by atoms with van der Waals surface area (Å²) in [4.78, 5) is 6.23. The van der Waals surface area contributed by atoms with Crippen LogP contribution in [0.3, 0.4) is 0 Å². The maximum Gasteiger partial charge on any atom is 0.0267 e. The number of aromatic nitrogens is 1. The summed E-state index contributed by atoms with van der Waals surface area (Å²) >= 11 is 0. The molecule has 2 rings (SSSR count). The SMILES string of the molecule is CC(C)N1CCN(N)CC1.c1ccncc1. The first-order valence-electron chi connectivity index (χ1n) is 5.79. The summed E-state index contributed by atoms with van der Waals surface area (Å²) in [6.07, 6.45) is 3.50. The number of nitrogens with two attached hydrogens (primary N) is 1. The highest BCUT2D eigenvalue weighted by Crippen LogP contribution is 2.01. The maximum atomic E-state index is 5.60. The molecule has 0 aromatic carbocycles. The van der Waals surface area contributed by atoms with Crippen molar-refractivity contribution in [3.05, 3.63) is 30.6 Å². The van der Waals surface area contributed by atoms with Gasteiger partial charge in [-0.15, -0.1) is 0 Å². The van der Waals surface area contributed by atoms with E-state index in [-0.39, 0.29) is 0 Å². The summed E-state index contributed by atoms with van der Waals surface area (Å²) < 4.78 is 0. The highest BCUT2D eigenvalue weighted by Gasteiger charge is 2.15. The molecule has 1 fully saturated rings. The fraction of sp³-hybridized carbons (Fsp3) is 0.583. The Morgan fingerprint density at radius 1 is 1.00 bits per heavy atom. The third kappa shape index (κ3) is 5.21. The van der Waals surface area contributed by atoms with Crippen LogP contribution in [0.2, 0.25) is 0 Å². The van der Waals surface area contributed by atoms with Crippen molar-refractivity contribution in [2.24, 2.45) is 5.84 Å². The van der Waals surface area contributed by atoms with Gasteiger partial charge in [0.25, 0.3) is 0 Å². The van der Waals surface area contributed by atoms with Crippen LogP contribution in [-0.4, -0.2) is 47.1 Å². The molecule has 16 heavy (non-hydrogen) atoms. The van der Waals surface area contributed by atoms with Crippen molar-refractivity contribution in [3.63, 3.8) is 0 Å². The fourth-order valence-electron chi connectivity index (χ4n) is 1.57. The molecular formula is C12H22N4. The summed E-state index contributed by atoms with van der Waals surface area (Å²) in [6.45, 7) is 8.72. The molecule has 4 nitrogen and oxygen atoms in total. The first-order valence-corrected chi connectivity index (χ1v) is 5.79. The Labute approximate surface area is 98.0 Å². The summed E-state index contributed by atoms with van der Waals surface area (Å²) in [6, 6.07) is 6.39. The van der Waals surface area contributed by atoms with Gasteiger partial charge < -0.3 is 0 Å². The number of piperazine rings is 1. The smallest absolute Gasteiger partial charge is 0.0267 e. The third-order valence-electron chi connectivity index (χ3n) is 2.65. The van der Waals surface area contributed by atoms with E-state index in [1.165, 1.54) is 0 Å². The van der Waals surface area contributed by atoms with Crippen molar-refractivity contribution in [1.29, 1.82) is 0 Å². The van der Waals surface area contributed by atoms with Gasteiger partial charge in [-0.2, -0.15) is 0 Å². The molecule has 2 N–H and O–H groups in total. The summed E-state index contributed by atoms with van der Waals surface area (Å²) in [5.74, 6) is 5.60.